The van der Waals surface area contributed by atoms with Crippen LogP contribution in [-0.4, -0.2) is 44.0 Å². The fourth-order valence-electron chi connectivity index (χ4n) is 2.30. The number of amides is 1. The maximum atomic E-state index is 11.7. The van der Waals surface area contributed by atoms with Crippen molar-refractivity contribution < 1.29 is 9.53 Å². The third-order valence-electron chi connectivity index (χ3n) is 3.82. The molecule has 144 valence electrons. The van der Waals surface area contributed by atoms with Gasteiger partial charge in [-0.15, -0.1) is 0 Å². The average Bonchev–Trinajstić information content (AvgIpc) is 2.69. The molecule has 0 spiro atoms. The second-order valence-corrected chi connectivity index (χ2v) is 6.26. The molecular weight excluding hydrogens is 340 g/mol. The van der Waals surface area contributed by atoms with Crippen molar-refractivity contribution in [2.75, 3.05) is 27.2 Å². The molecule has 2 aromatic rings. The van der Waals surface area contributed by atoms with Gasteiger partial charge in [0.1, 0.15) is 12.4 Å². The minimum atomic E-state index is -0.00286. The first-order valence-electron chi connectivity index (χ1n) is 9.06. The maximum Gasteiger partial charge on any atom is 0.241 e. The summed E-state index contributed by atoms with van der Waals surface area (Å²) in [4.78, 5) is 17.8. The molecule has 0 saturated heterocycles. The van der Waals surface area contributed by atoms with Gasteiger partial charge in [-0.3, -0.25) is 4.79 Å². The molecule has 0 fully saturated rings. The Morgan fingerprint density at radius 3 is 2.48 bits per heavy atom. The van der Waals surface area contributed by atoms with Crippen molar-refractivity contribution in [3.63, 3.8) is 0 Å². The maximum absolute atomic E-state index is 11.7. The van der Waals surface area contributed by atoms with E-state index in [-0.39, 0.29) is 12.5 Å². The lowest BCUT2D eigenvalue weighted by atomic mass is 10.2. The highest BCUT2D eigenvalue weighted by Crippen LogP contribution is 2.16. The fraction of sp³-hybridized carbons (Fsp3) is 0.333. The fourth-order valence-corrected chi connectivity index (χ4v) is 2.30. The molecule has 6 heteroatoms. The Labute approximate surface area is 161 Å². The number of nitrogens with zero attached hydrogens (tertiary/aromatic N) is 2. The zero-order chi connectivity index (χ0) is 19.5. The highest BCUT2D eigenvalue weighted by molar-refractivity contribution is 5.86. The van der Waals surface area contributed by atoms with Crippen LogP contribution in [-0.2, 0) is 17.9 Å². The Morgan fingerprint density at radius 1 is 1.04 bits per heavy atom. The van der Waals surface area contributed by atoms with Crippen LogP contribution >= 0.6 is 0 Å². The molecule has 27 heavy (non-hydrogen) atoms. The highest BCUT2D eigenvalue weighted by Gasteiger charge is 2.05. The summed E-state index contributed by atoms with van der Waals surface area (Å²) in [5.74, 6) is 1.42. The lowest BCUT2D eigenvalue weighted by Crippen LogP contribution is -2.42. The average molecular weight is 368 g/mol. The van der Waals surface area contributed by atoms with Crippen molar-refractivity contribution >= 4 is 11.9 Å². The van der Waals surface area contributed by atoms with Crippen molar-refractivity contribution in [1.82, 2.24) is 15.5 Å². The highest BCUT2D eigenvalue weighted by atomic mass is 16.5. The normalized spacial score (nSPS) is 11.0. The largest absolute Gasteiger partial charge is 0.489 e. The van der Waals surface area contributed by atoms with Gasteiger partial charge in [0.05, 0.1) is 13.1 Å². The van der Waals surface area contributed by atoms with Gasteiger partial charge < -0.3 is 20.3 Å². The van der Waals surface area contributed by atoms with Gasteiger partial charge in [-0.05, 0) is 30.2 Å². The first kappa shape index (κ1) is 20.3. The molecule has 0 aliphatic heterocycles. The number of hydrogen-bond acceptors (Lipinski definition) is 3. The van der Waals surface area contributed by atoms with Gasteiger partial charge in [-0.25, -0.2) is 4.99 Å². The molecule has 6 nitrogen and oxygen atoms in total. The summed E-state index contributed by atoms with van der Waals surface area (Å²) in [6.07, 6.45) is 0. The summed E-state index contributed by atoms with van der Waals surface area (Å²) in [6.45, 7) is 3.95. The third kappa shape index (κ3) is 7.40. The van der Waals surface area contributed by atoms with E-state index in [2.05, 4.69) is 15.6 Å². The molecule has 1 amide bonds. The molecule has 0 aliphatic carbocycles. The predicted octanol–water partition coefficient (Wildman–Crippen LogP) is 2.41. The number of hydrogen-bond donors (Lipinski definition) is 2. The molecule has 0 saturated carbocycles. The van der Waals surface area contributed by atoms with E-state index in [1.807, 2.05) is 61.5 Å². The Morgan fingerprint density at radius 2 is 1.78 bits per heavy atom. The van der Waals surface area contributed by atoms with Gasteiger partial charge in [0.2, 0.25) is 5.91 Å². The molecule has 0 radical (unpaired) electrons. The molecule has 0 unspecified atom stereocenters. The third-order valence-corrected chi connectivity index (χ3v) is 3.82. The van der Waals surface area contributed by atoms with Gasteiger partial charge in [-0.1, -0.05) is 42.5 Å². The lowest BCUT2D eigenvalue weighted by Gasteiger charge is -2.14. The molecular formula is C21H28N4O2. The molecule has 0 aliphatic rings. The van der Waals surface area contributed by atoms with E-state index in [9.17, 15) is 4.79 Å². The Hall–Kier alpha value is -3.02. The van der Waals surface area contributed by atoms with E-state index >= 15 is 0 Å². The molecule has 0 heterocycles. The molecule has 2 N–H and O–H groups in total. The van der Waals surface area contributed by atoms with E-state index < -0.39 is 0 Å². The molecule has 0 bridgehead atoms. The van der Waals surface area contributed by atoms with Crippen LogP contribution in [0.15, 0.2) is 59.6 Å². The number of likely N-dealkylation sites (N-methyl/N-ethyl adjacent to an activating group) is 1. The lowest BCUT2D eigenvalue weighted by molar-refractivity contribution is -0.127. The summed E-state index contributed by atoms with van der Waals surface area (Å²) < 4.78 is 5.86. The van der Waals surface area contributed by atoms with Crippen LogP contribution in [0.5, 0.6) is 5.75 Å². The van der Waals surface area contributed by atoms with E-state index in [4.69, 9.17) is 4.74 Å². The molecule has 2 rings (SSSR count). The Bertz CT molecular complexity index is 745. The summed E-state index contributed by atoms with van der Waals surface area (Å²) >= 11 is 0. The monoisotopic (exact) mass is 368 g/mol. The summed E-state index contributed by atoms with van der Waals surface area (Å²) in [5.41, 5.74) is 2.17. The van der Waals surface area contributed by atoms with E-state index in [0.717, 1.165) is 23.4 Å². The minimum absolute atomic E-state index is 0.00286. The van der Waals surface area contributed by atoms with E-state index in [1.54, 1.807) is 19.0 Å². The van der Waals surface area contributed by atoms with Crippen LogP contribution < -0.4 is 15.4 Å². The van der Waals surface area contributed by atoms with Crippen LogP contribution in [0.1, 0.15) is 18.1 Å². The first-order valence-corrected chi connectivity index (χ1v) is 9.06. The number of aliphatic imine (C=N–C) groups is 1. The Kier molecular flexibility index (Phi) is 8.16. The van der Waals surface area contributed by atoms with Gasteiger partial charge in [0.15, 0.2) is 5.96 Å². The van der Waals surface area contributed by atoms with Gasteiger partial charge in [0, 0.05) is 20.6 Å². The van der Waals surface area contributed by atoms with E-state index in [0.29, 0.717) is 19.1 Å². The Balaban J connectivity index is 1.93. The number of ether oxygens (including phenoxy) is 1. The van der Waals surface area contributed by atoms with Gasteiger partial charge in [0.25, 0.3) is 0 Å². The van der Waals surface area contributed by atoms with Crippen LogP contribution in [0.4, 0.5) is 0 Å². The molecule has 2 aromatic carbocycles. The number of benzene rings is 2. The van der Waals surface area contributed by atoms with Crippen molar-refractivity contribution in [1.29, 1.82) is 0 Å². The number of rotatable bonds is 8. The minimum Gasteiger partial charge on any atom is -0.489 e. The smallest absolute Gasteiger partial charge is 0.241 e. The van der Waals surface area contributed by atoms with Crippen LogP contribution in [0.2, 0.25) is 0 Å². The zero-order valence-corrected chi connectivity index (χ0v) is 16.2. The van der Waals surface area contributed by atoms with Crippen molar-refractivity contribution in [2.24, 2.45) is 4.99 Å². The quantitative estimate of drug-likeness (QED) is 0.555. The first-order chi connectivity index (χ1) is 13.1. The van der Waals surface area contributed by atoms with Crippen LogP contribution in [0.25, 0.3) is 0 Å². The van der Waals surface area contributed by atoms with Crippen LogP contribution in [0, 0.1) is 0 Å². The standard InChI is InChI=1S/C21H28N4O2/c1-4-22-21(24-15-20(26)25(2)3)23-14-18-11-8-12-19(13-18)27-16-17-9-6-5-7-10-17/h5-13H,4,14-16H2,1-3H3,(H2,22,23,24). The van der Waals surface area contributed by atoms with Crippen LogP contribution in [0.3, 0.4) is 0 Å². The van der Waals surface area contributed by atoms with E-state index in [1.165, 1.54) is 0 Å². The number of carbonyl (C=O) groups is 1. The second-order valence-electron chi connectivity index (χ2n) is 6.26. The topological polar surface area (TPSA) is 66.0 Å². The van der Waals surface area contributed by atoms with Gasteiger partial charge in [-0.2, -0.15) is 0 Å². The van der Waals surface area contributed by atoms with Crippen molar-refractivity contribution in [3.05, 3.63) is 65.7 Å². The molecule has 0 aromatic heterocycles. The number of carbonyl (C=O) groups excluding carboxylic acids is 1. The van der Waals surface area contributed by atoms with Crippen molar-refractivity contribution in [2.45, 2.75) is 20.1 Å². The van der Waals surface area contributed by atoms with Gasteiger partial charge >= 0.3 is 0 Å². The summed E-state index contributed by atoms with van der Waals surface area (Å²) in [5, 5.41) is 6.20. The predicted molar refractivity (Wildman–Crippen MR) is 109 cm³/mol. The number of nitrogens with one attached hydrogen (secondary N) is 2. The SMILES string of the molecule is CCNC(=NCc1cccc(OCc2ccccc2)c1)NCC(=O)N(C)C. The molecule has 0 atom stereocenters. The number of guanidine groups is 1. The second kappa shape index (κ2) is 10.9. The summed E-state index contributed by atoms with van der Waals surface area (Å²) in [6, 6.07) is 18.0. The van der Waals surface area contributed by atoms with Crippen molar-refractivity contribution in [3.8, 4) is 5.75 Å². The zero-order valence-electron chi connectivity index (χ0n) is 16.2. The summed E-state index contributed by atoms with van der Waals surface area (Å²) in [7, 11) is 3.46.